The second-order valence-electron chi connectivity index (χ2n) is 7.31. The molecule has 0 atom stereocenters. The molecule has 2 aromatic carbocycles. The normalized spacial score (nSPS) is 12.3. The molecule has 1 aliphatic rings. The van der Waals surface area contributed by atoms with Gasteiger partial charge in [0.2, 0.25) is 0 Å². The Morgan fingerprint density at radius 2 is 1.70 bits per heavy atom. The Hall–Kier alpha value is -3.79. The first-order chi connectivity index (χ1) is 15.8. The Labute approximate surface area is 191 Å². The minimum absolute atomic E-state index is 0.151. The summed E-state index contributed by atoms with van der Waals surface area (Å²) in [6.45, 7) is -0.517. The summed E-state index contributed by atoms with van der Waals surface area (Å²) in [4.78, 5) is 36.3. The summed E-state index contributed by atoms with van der Waals surface area (Å²) in [6, 6.07) is 12.6. The quantitative estimate of drug-likeness (QED) is 0.486. The molecular weight excluding hydrogens is 451 g/mol. The van der Waals surface area contributed by atoms with E-state index in [9.17, 15) is 23.9 Å². The zero-order valence-corrected chi connectivity index (χ0v) is 18.0. The van der Waals surface area contributed by atoms with Crippen molar-refractivity contribution in [3.8, 4) is 17.2 Å². The fraction of sp³-hybridized carbons (Fsp3) is 0.174. The van der Waals surface area contributed by atoms with Gasteiger partial charge in [0, 0.05) is 22.8 Å². The van der Waals surface area contributed by atoms with Crippen molar-refractivity contribution in [3.05, 3.63) is 87.1 Å². The van der Waals surface area contributed by atoms with Crippen molar-refractivity contribution in [1.29, 1.82) is 0 Å². The first-order valence-electron chi connectivity index (χ1n) is 9.91. The Bertz CT molecular complexity index is 1270. The molecular formula is C23H19FN2O6S. The van der Waals surface area contributed by atoms with Gasteiger partial charge in [0.1, 0.15) is 35.2 Å². The highest BCUT2D eigenvalue weighted by Gasteiger charge is 2.28. The van der Waals surface area contributed by atoms with Crippen LogP contribution in [-0.4, -0.2) is 33.2 Å². The summed E-state index contributed by atoms with van der Waals surface area (Å²) < 4.78 is 20.2. The lowest BCUT2D eigenvalue weighted by Crippen LogP contribution is -2.37. The number of halogens is 1. The van der Waals surface area contributed by atoms with Crippen LogP contribution in [0.25, 0.3) is 0 Å². The molecule has 0 spiro atoms. The number of hydrogen-bond acceptors (Lipinski definition) is 6. The first kappa shape index (κ1) is 22.4. The number of fused-ring (bicyclic) bond motifs is 1. The molecule has 33 heavy (non-hydrogen) atoms. The van der Waals surface area contributed by atoms with Gasteiger partial charge in [-0.05, 0) is 42.0 Å². The molecule has 0 saturated carbocycles. The molecule has 0 fully saturated rings. The monoisotopic (exact) mass is 470 g/mol. The van der Waals surface area contributed by atoms with E-state index in [-0.39, 0.29) is 12.4 Å². The van der Waals surface area contributed by atoms with Crippen LogP contribution in [0.5, 0.6) is 17.2 Å². The van der Waals surface area contributed by atoms with Gasteiger partial charge in [0.25, 0.3) is 11.5 Å². The Balaban J connectivity index is 1.61. The average Bonchev–Trinajstić information content (AvgIpc) is 3.28. The number of hydrogen-bond donors (Lipinski definition) is 3. The molecule has 3 aromatic rings. The summed E-state index contributed by atoms with van der Waals surface area (Å²) in [6.07, 6.45) is 0. The molecule has 1 aliphatic heterocycles. The lowest BCUT2D eigenvalue weighted by Gasteiger charge is -2.16. The molecule has 3 N–H and O–H groups in total. The van der Waals surface area contributed by atoms with E-state index < -0.39 is 35.3 Å². The molecule has 0 aliphatic carbocycles. The number of benzene rings is 2. The van der Waals surface area contributed by atoms with Crippen molar-refractivity contribution in [3.63, 3.8) is 0 Å². The maximum atomic E-state index is 13.1. The number of carbonyl (C=O) groups excluding carboxylic acids is 1. The van der Waals surface area contributed by atoms with E-state index in [1.165, 1.54) is 40.6 Å². The molecule has 0 radical (unpaired) electrons. The van der Waals surface area contributed by atoms with Crippen LogP contribution in [0.2, 0.25) is 0 Å². The maximum Gasteiger partial charge on any atom is 0.322 e. The Morgan fingerprint density at radius 3 is 2.33 bits per heavy atom. The van der Waals surface area contributed by atoms with E-state index in [2.05, 4.69) is 5.32 Å². The summed E-state index contributed by atoms with van der Waals surface area (Å²) in [5.74, 6) is -1.02. The predicted octanol–water partition coefficient (Wildman–Crippen LogP) is 3.09. The second-order valence-corrected chi connectivity index (χ2v) is 8.29. The maximum absolute atomic E-state index is 13.1. The van der Waals surface area contributed by atoms with Gasteiger partial charge in [0.15, 0.2) is 0 Å². The number of thioether (sulfide) groups is 1. The smallest absolute Gasteiger partial charge is 0.322 e. The minimum atomic E-state index is -1.26. The van der Waals surface area contributed by atoms with E-state index in [1.54, 1.807) is 24.3 Å². The van der Waals surface area contributed by atoms with E-state index in [0.29, 0.717) is 34.3 Å². The van der Waals surface area contributed by atoms with E-state index >= 15 is 0 Å². The Morgan fingerprint density at radius 1 is 1.06 bits per heavy atom. The second kappa shape index (κ2) is 9.37. The van der Waals surface area contributed by atoms with E-state index in [1.807, 2.05) is 0 Å². The SMILES string of the molecule is O=C(O)CNC(=O)c1c(O)c2c(n(Cc3ccc(Oc4ccc(F)cc4)cc3)c1=O)CSC2. The molecule has 4 rings (SSSR count). The molecule has 1 amide bonds. The summed E-state index contributed by atoms with van der Waals surface area (Å²) in [5, 5.41) is 21.5. The molecule has 2 heterocycles. The number of aromatic hydroxyl groups is 1. The molecule has 0 saturated heterocycles. The zero-order valence-electron chi connectivity index (χ0n) is 17.2. The van der Waals surface area contributed by atoms with Crippen molar-refractivity contribution in [2.45, 2.75) is 18.1 Å². The number of pyridine rings is 1. The molecule has 8 nitrogen and oxygen atoms in total. The number of aromatic nitrogens is 1. The molecule has 0 unspecified atom stereocenters. The zero-order chi connectivity index (χ0) is 23.5. The number of ether oxygens (including phenoxy) is 1. The van der Waals surface area contributed by atoms with Crippen molar-refractivity contribution < 1.29 is 28.9 Å². The highest BCUT2D eigenvalue weighted by molar-refractivity contribution is 7.98. The number of rotatable bonds is 7. The average molecular weight is 470 g/mol. The molecule has 0 bridgehead atoms. The van der Waals surface area contributed by atoms with Gasteiger partial charge in [-0.25, -0.2) is 4.39 Å². The van der Waals surface area contributed by atoms with Crippen LogP contribution < -0.4 is 15.6 Å². The third-order valence-electron chi connectivity index (χ3n) is 5.08. The predicted molar refractivity (Wildman–Crippen MR) is 119 cm³/mol. The van der Waals surface area contributed by atoms with Gasteiger partial charge in [0.05, 0.1) is 6.54 Å². The molecule has 170 valence electrons. The number of carboxylic acids is 1. The number of carboxylic acid groups (broad SMARTS) is 1. The summed E-state index contributed by atoms with van der Waals surface area (Å²) in [5.41, 5.74) is 0.725. The van der Waals surface area contributed by atoms with Gasteiger partial charge in [-0.2, -0.15) is 11.8 Å². The highest BCUT2D eigenvalue weighted by atomic mass is 32.2. The molecule has 1 aromatic heterocycles. The van der Waals surface area contributed by atoms with Crippen molar-refractivity contribution in [2.24, 2.45) is 0 Å². The lowest BCUT2D eigenvalue weighted by molar-refractivity contribution is -0.135. The third-order valence-corrected chi connectivity index (χ3v) is 6.05. The van der Waals surface area contributed by atoms with Crippen LogP contribution in [0.3, 0.4) is 0 Å². The number of amides is 1. The lowest BCUT2D eigenvalue weighted by atomic mass is 10.1. The topological polar surface area (TPSA) is 118 Å². The van der Waals surface area contributed by atoms with Gasteiger partial charge in [-0.3, -0.25) is 14.4 Å². The van der Waals surface area contributed by atoms with Crippen LogP contribution in [0.15, 0.2) is 53.3 Å². The van der Waals surface area contributed by atoms with Crippen LogP contribution >= 0.6 is 11.8 Å². The first-order valence-corrected chi connectivity index (χ1v) is 11.1. The minimum Gasteiger partial charge on any atom is -0.507 e. The number of nitrogens with zero attached hydrogens (tertiary/aromatic N) is 1. The van der Waals surface area contributed by atoms with Crippen LogP contribution in [0.4, 0.5) is 4.39 Å². The van der Waals surface area contributed by atoms with E-state index in [4.69, 9.17) is 9.84 Å². The van der Waals surface area contributed by atoms with Crippen LogP contribution in [0, 0.1) is 5.82 Å². The largest absolute Gasteiger partial charge is 0.507 e. The Kier molecular flexibility index (Phi) is 6.36. The van der Waals surface area contributed by atoms with E-state index in [0.717, 1.165) is 5.56 Å². The number of aliphatic carboxylic acids is 1. The molecule has 10 heteroatoms. The van der Waals surface area contributed by atoms with Crippen LogP contribution in [0.1, 0.15) is 27.2 Å². The van der Waals surface area contributed by atoms with Crippen molar-refractivity contribution in [2.75, 3.05) is 6.54 Å². The van der Waals surface area contributed by atoms with Crippen molar-refractivity contribution >= 4 is 23.6 Å². The van der Waals surface area contributed by atoms with Crippen molar-refractivity contribution in [1.82, 2.24) is 9.88 Å². The summed E-state index contributed by atoms with van der Waals surface area (Å²) >= 11 is 1.50. The van der Waals surface area contributed by atoms with Gasteiger partial charge in [-0.15, -0.1) is 0 Å². The van der Waals surface area contributed by atoms with Gasteiger partial charge in [-0.1, -0.05) is 12.1 Å². The standard InChI is InChI=1S/C23H19FN2O6S/c24-14-3-7-16(8-4-14)32-15-5-1-13(2-6-15)10-26-18-12-33-11-17(18)21(29)20(23(26)31)22(30)25-9-19(27)28/h1-8,29H,9-12H2,(H,25,30)(H,27,28). The van der Waals surface area contributed by atoms with Crippen LogP contribution in [-0.2, 0) is 22.8 Å². The summed E-state index contributed by atoms with van der Waals surface area (Å²) in [7, 11) is 0. The number of nitrogens with one attached hydrogen (secondary N) is 1. The third kappa shape index (κ3) is 4.85. The fourth-order valence-electron chi connectivity index (χ4n) is 3.48. The van der Waals surface area contributed by atoms with Gasteiger partial charge >= 0.3 is 5.97 Å². The van der Waals surface area contributed by atoms with Gasteiger partial charge < -0.3 is 24.8 Å². The fourth-order valence-corrected chi connectivity index (χ4v) is 4.61. The highest BCUT2D eigenvalue weighted by Crippen LogP contribution is 2.36. The number of carbonyl (C=O) groups is 2.